The third-order valence-electron chi connectivity index (χ3n) is 4.01. The molecule has 0 unspecified atom stereocenters. The van der Waals surface area contributed by atoms with Crippen LogP contribution < -0.4 is 4.43 Å². The monoisotopic (exact) mass is 386 g/mol. The molecule has 0 amide bonds. The van der Waals surface area contributed by atoms with Gasteiger partial charge in [0.15, 0.2) is 0 Å². The second-order valence-corrected chi connectivity index (χ2v) is 12.0. The summed E-state index contributed by atoms with van der Waals surface area (Å²) in [4.78, 5) is 9.41. The zero-order valence-electron chi connectivity index (χ0n) is 16.9. The summed E-state index contributed by atoms with van der Waals surface area (Å²) in [5.74, 6) is 0.860. The minimum atomic E-state index is -1.82. The molecule has 0 heterocycles. The smallest absolute Gasteiger partial charge is 0.242 e. The van der Waals surface area contributed by atoms with Crippen molar-refractivity contribution in [2.75, 3.05) is 0 Å². The highest BCUT2D eigenvalue weighted by molar-refractivity contribution is 6.70. The van der Waals surface area contributed by atoms with Crippen LogP contribution >= 0.6 is 0 Å². The zero-order chi connectivity index (χ0) is 20.0. The van der Waals surface area contributed by atoms with Crippen LogP contribution in [0.25, 0.3) is 0 Å². The first-order valence-electron chi connectivity index (χ1n) is 9.44. The maximum Gasteiger partial charge on any atom is 0.242 e. The van der Waals surface area contributed by atoms with Crippen LogP contribution in [0.4, 0.5) is 11.4 Å². The molecule has 0 atom stereocenters. The van der Waals surface area contributed by atoms with Crippen molar-refractivity contribution >= 4 is 31.6 Å². The van der Waals surface area contributed by atoms with Gasteiger partial charge in [-0.05, 0) is 63.0 Å². The Labute approximate surface area is 168 Å². The van der Waals surface area contributed by atoms with Crippen molar-refractivity contribution in [3.8, 4) is 5.75 Å². The van der Waals surface area contributed by atoms with Crippen molar-refractivity contribution < 1.29 is 4.43 Å². The van der Waals surface area contributed by atoms with E-state index >= 15 is 0 Å². The lowest BCUT2D eigenvalue weighted by Crippen LogP contribution is -2.30. The number of rotatable bonds is 6. The van der Waals surface area contributed by atoms with Gasteiger partial charge < -0.3 is 4.43 Å². The average molecular weight is 387 g/mol. The average Bonchev–Trinajstić information content (AvgIpc) is 2.67. The van der Waals surface area contributed by atoms with E-state index in [4.69, 9.17) is 9.42 Å². The molecule has 0 aliphatic carbocycles. The summed E-state index contributed by atoms with van der Waals surface area (Å²) in [6.07, 6.45) is 1.88. The van der Waals surface area contributed by atoms with Crippen LogP contribution in [0.2, 0.25) is 19.6 Å². The fraction of sp³-hybridized carbons (Fsp3) is 0.167. The first-order chi connectivity index (χ1) is 13.4. The third kappa shape index (κ3) is 5.51. The van der Waals surface area contributed by atoms with E-state index in [-0.39, 0.29) is 0 Å². The van der Waals surface area contributed by atoms with Gasteiger partial charge in [-0.25, -0.2) is 0 Å². The fourth-order valence-corrected chi connectivity index (χ4v) is 3.62. The van der Waals surface area contributed by atoms with Gasteiger partial charge in [0.25, 0.3) is 0 Å². The Morgan fingerprint density at radius 1 is 0.786 bits per heavy atom. The van der Waals surface area contributed by atoms with Crippen molar-refractivity contribution in [3.63, 3.8) is 0 Å². The summed E-state index contributed by atoms with van der Waals surface area (Å²) in [6, 6.07) is 26.1. The summed E-state index contributed by atoms with van der Waals surface area (Å²) in [5.41, 5.74) is 4.74. The molecule has 3 aromatic carbocycles. The summed E-state index contributed by atoms with van der Waals surface area (Å²) in [5, 5.41) is 0. The highest BCUT2D eigenvalue weighted by atomic mass is 28.4. The van der Waals surface area contributed by atoms with E-state index in [2.05, 4.69) is 30.7 Å². The highest BCUT2D eigenvalue weighted by Gasteiger charge is 2.21. The molecule has 0 spiro atoms. The molecule has 4 heteroatoms. The zero-order valence-corrected chi connectivity index (χ0v) is 17.9. The van der Waals surface area contributed by atoms with Gasteiger partial charge in [0, 0.05) is 23.1 Å². The molecule has 3 aromatic rings. The van der Waals surface area contributed by atoms with Gasteiger partial charge in [-0.3, -0.25) is 9.98 Å². The quantitative estimate of drug-likeness (QED) is 0.339. The Balaban J connectivity index is 2.04. The van der Waals surface area contributed by atoms with E-state index in [1.807, 2.05) is 85.9 Å². The van der Waals surface area contributed by atoms with Crippen LogP contribution in [0, 0.1) is 0 Å². The van der Waals surface area contributed by atoms with Crippen LogP contribution in [0.15, 0.2) is 88.8 Å². The Morgan fingerprint density at radius 3 is 2.00 bits per heavy atom. The van der Waals surface area contributed by atoms with Gasteiger partial charge in [-0.15, -0.1) is 0 Å². The molecule has 0 aromatic heterocycles. The molecule has 0 aliphatic rings. The molecule has 0 saturated carbocycles. The van der Waals surface area contributed by atoms with Crippen LogP contribution in [0.5, 0.6) is 5.75 Å². The lowest BCUT2D eigenvalue weighted by Gasteiger charge is -2.23. The molecule has 142 valence electrons. The van der Waals surface area contributed by atoms with E-state index in [1.165, 1.54) is 0 Å². The van der Waals surface area contributed by atoms with Crippen molar-refractivity contribution in [2.45, 2.75) is 26.6 Å². The minimum Gasteiger partial charge on any atom is -0.543 e. The maximum absolute atomic E-state index is 6.48. The van der Waals surface area contributed by atoms with Crippen molar-refractivity contribution in [1.29, 1.82) is 0 Å². The fourth-order valence-electron chi connectivity index (χ4n) is 2.78. The molecular weight excluding hydrogens is 360 g/mol. The van der Waals surface area contributed by atoms with Crippen molar-refractivity contribution in [1.82, 2.24) is 0 Å². The van der Waals surface area contributed by atoms with Gasteiger partial charge in [0.05, 0.1) is 11.4 Å². The molecular formula is C24H26N2OSi. The second kappa shape index (κ2) is 8.80. The predicted octanol–water partition coefficient (Wildman–Crippen LogP) is 6.79. The lowest BCUT2D eigenvalue weighted by molar-refractivity contribution is 0.555. The Morgan fingerprint density at radius 2 is 1.39 bits per heavy atom. The van der Waals surface area contributed by atoms with E-state index in [1.54, 1.807) is 0 Å². The third-order valence-corrected chi connectivity index (χ3v) is 4.82. The molecule has 0 radical (unpaired) electrons. The Hall–Kier alpha value is -2.98. The van der Waals surface area contributed by atoms with Crippen molar-refractivity contribution in [2.24, 2.45) is 9.98 Å². The van der Waals surface area contributed by atoms with Crippen LogP contribution in [0.3, 0.4) is 0 Å². The minimum absolute atomic E-state index is 0.860. The second-order valence-electron chi connectivity index (χ2n) is 7.56. The van der Waals surface area contributed by atoms with Crippen LogP contribution in [-0.4, -0.2) is 20.2 Å². The molecule has 0 bridgehead atoms. The Bertz CT molecular complexity index is 974. The summed E-state index contributed by atoms with van der Waals surface area (Å²) < 4.78 is 6.48. The number of hydrogen-bond acceptors (Lipinski definition) is 3. The SMILES string of the molecule is CC(=Nc1ccccc1)c1cccc(C=Nc2ccccc2)c1O[Si](C)(C)C. The normalized spacial score (nSPS) is 12.4. The van der Waals surface area contributed by atoms with Crippen molar-refractivity contribution in [3.05, 3.63) is 90.0 Å². The topological polar surface area (TPSA) is 34.0 Å². The summed E-state index contributed by atoms with van der Waals surface area (Å²) in [6.45, 7) is 8.58. The number of nitrogens with zero attached hydrogens (tertiary/aromatic N) is 2. The van der Waals surface area contributed by atoms with Crippen LogP contribution in [0.1, 0.15) is 18.1 Å². The number of para-hydroxylation sites is 3. The van der Waals surface area contributed by atoms with Gasteiger partial charge in [-0.1, -0.05) is 42.5 Å². The van der Waals surface area contributed by atoms with Gasteiger partial charge in [0.2, 0.25) is 8.32 Å². The van der Waals surface area contributed by atoms with Crippen LogP contribution in [-0.2, 0) is 0 Å². The van der Waals surface area contributed by atoms with E-state index in [0.29, 0.717) is 0 Å². The predicted molar refractivity (Wildman–Crippen MR) is 122 cm³/mol. The van der Waals surface area contributed by atoms with E-state index in [9.17, 15) is 0 Å². The molecule has 0 aliphatic heterocycles. The lowest BCUT2D eigenvalue weighted by atomic mass is 10.1. The van der Waals surface area contributed by atoms with Gasteiger partial charge in [0.1, 0.15) is 5.75 Å². The number of hydrogen-bond donors (Lipinski definition) is 0. The van der Waals surface area contributed by atoms with E-state index < -0.39 is 8.32 Å². The van der Waals surface area contributed by atoms with Gasteiger partial charge in [-0.2, -0.15) is 0 Å². The highest BCUT2D eigenvalue weighted by Crippen LogP contribution is 2.28. The summed E-state index contributed by atoms with van der Waals surface area (Å²) in [7, 11) is -1.82. The molecule has 0 saturated heterocycles. The number of benzene rings is 3. The molecule has 28 heavy (non-hydrogen) atoms. The molecule has 3 rings (SSSR count). The largest absolute Gasteiger partial charge is 0.543 e. The molecule has 0 fully saturated rings. The molecule has 0 N–H and O–H groups in total. The molecule has 3 nitrogen and oxygen atoms in total. The van der Waals surface area contributed by atoms with E-state index in [0.717, 1.165) is 34.0 Å². The number of aliphatic imine (C=N–C) groups is 2. The first kappa shape index (κ1) is 19.8. The standard InChI is InChI=1S/C24H26N2OSi/c1-19(26-22-15-9-6-10-16-22)23-17-11-12-20(24(23)27-28(2,3)4)18-25-21-13-7-5-8-14-21/h5-18H,1-4H3. The van der Waals surface area contributed by atoms with Gasteiger partial charge >= 0.3 is 0 Å². The first-order valence-corrected chi connectivity index (χ1v) is 12.8. The maximum atomic E-state index is 6.48. The Kier molecular flexibility index (Phi) is 6.22. The summed E-state index contributed by atoms with van der Waals surface area (Å²) >= 11 is 0.